The minimum absolute atomic E-state index is 0.0465. The lowest BCUT2D eigenvalue weighted by Gasteiger charge is -2.32. The Morgan fingerprint density at radius 3 is 2.31 bits per heavy atom. The lowest BCUT2D eigenvalue weighted by molar-refractivity contribution is -0.143. The van der Waals surface area contributed by atoms with Crippen molar-refractivity contribution in [3.63, 3.8) is 0 Å². The van der Waals surface area contributed by atoms with E-state index in [1.54, 1.807) is 4.90 Å². The van der Waals surface area contributed by atoms with Gasteiger partial charge in [0.1, 0.15) is 11.8 Å². The summed E-state index contributed by atoms with van der Waals surface area (Å²) < 4.78 is 6.87. The van der Waals surface area contributed by atoms with E-state index in [4.69, 9.17) is 4.74 Å². The molecule has 184 valence electrons. The van der Waals surface area contributed by atoms with E-state index in [0.29, 0.717) is 12.2 Å². The lowest BCUT2D eigenvalue weighted by Crippen LogP contribution is -2.52. The average Bonchev–Trinajstić information content (AvgIpc) is 2.82. The van der Waals surface area contributed by atoms with Crippen LogP contribution in [0.4, 0.5) is 0 Å². The summed E-state index contributed by atoms with van der Waals surface area (Å²) in [5.74, 6) is 0.247. The van der Waals surface area contributed by atoms with Gasteiger partial charge in [0.05, 0.1) is 0 Å². The second kappa shape index (κ2) is 12.5. The Kier molecular flexibility index (Phi) is 9.49. The molecule has 0 fully saturated rings. The number of rotatable bonds is 10. The van der Waals surface area contributed by atoms with Crippen LogP contribution in [0.25, 0.3) is 0 Å². The van der Waals surface area contributed by atoms with Crippen molar-refractivity contribution in [2.75, 3.05) is 6.61 Å². The van der Waals surface area contributed by atoms with E-state index in [9.17, 15) is 9.59 Å². The predicted molar refractivity (Wildman–Crippen MR) is 143 cm³/mol. The summed E-state index contributed by atoms with van der Waals surface area (Å²) in [5, 5.41) is 3.00. The van der Waals surface area contributed by atoms with Gasteiger partial charge in [0.2, 0.25) is 5.91 Å². The van der Waals surface area contributed by atoms with Crippen LogP contribution >= 0.6 is 15.9 Å². The first-order chi connectivity index (χ1) is 16.7. The van der Waals surface area contributed by atoms with Crippen LogP contribution in [0.15, 0.2) is 77.3 Å². The second-order valence-corrected chi connectivity index (χ2v) is 9.92. The number of carbonyl (C=O) groups excluding carboxylic acids is 2. The highest BCUT2D eigenvalue weighted by Crippen LogP contribution is 2.22. The van der Waals surface area contributed by atoms with Crippen LogP contribution in [0, 0.1) is 13.8 Å². The van der Waals surface area contributed by atoms with Crippen LogP contribution in [-0.2, 0) is 22.6 Å². The molecule has 0 aliphatic rings. The fraction of sp³-hybridized carbons (Fsp3) is 0.310. The Balaban J connectivity index is 1.93. The summed E-state index contributed by atoms with van der Waals surface area (Å²) in [4.78, 5) is 28.6. The van der Waals surface area contributed by atoms with Gasteiger partial charge in [-0.1, -0.05) is 70.5 Å². The third kappa shape index (κ3) is 7.69. The maximum absolute atomic E-state index is 13.6. The summed E-state index contributed by atoms with van der Waals surface area (Å²) in [7, 11) is 0. The van der Waals surface area contributed by atoms with Crippen LogP contribution in [0.2, 0.25) is 0 Å². The number of halogens is 1. The van der Waals surface area contributed by atoms with Gasteiger partial charge in [-0.05, 0) is 68.1 Å². The molecule has 0 aromatic heterocycles. The molecular formula is C29H33BrN2O3. The molecular weight excluding hydrogens is 504 g/mol. The summed E-state index contributed by atoms with van der Waals surface area (Å²) in [6, 6.07) is 22.6. The first-order valence-corrected chi connectivity index (χ1v) is 12.6. The van der Waals surface area contributed by atoms with E-state index >= 15 is 0 Å². The summed E-state index contributed by atoms with van der Waals surface area (Å²) >= 11 is 3.51. The first kappa shape index (κ1) is 26.5. The molecule has 1 N–H and O–H groups in total. The van der Waals surface area contributed by atoms with E-state index in [1.807, 2.05) is 100 Å². The van der Waals surface area contributed by atoms with Crippen molar-refractivity contribution in [3.8, 4) is 5.75 Å². The van der Waals surface area contributed by atoms with Crippen molar-refractivity contribution in [2.24, 2.45) is 0 Å². The molecule has 0 aliphatic carbocycles. The number of benzene rings is 3. The zero-order valence-corrected chi connectivity index (χ0v) is 22.3. The fourth-order valence-electron chi connectivity index (χ4n) is 3.87. The average molecular weight is 537 g/mol. The molecule has 2 amide bonds. The molecule has 0 saturated heterocycles. The molecule has 3 aromatic rings. The Hall–Kier alpha value is -3.12. The van der Waals surface area contributed by atoms with Crippen molar-refractivity contribution in [2.45, 2.75) is 52.7 Å². The third-order valence-corrected chi connectivity index (χ3v) is 6.34. The quantitative estimate of drug-likeness (QED) is 0.366. The monoisotopic (exact) mass is 536 g/mol. The number of carbonyl (C=O) groups is 2. The highest BCUT2D eigenvalue weighted by atomic mass is 79.9. The Labute approximate surface area is 216 Å². The molecule has 0 heterocycles. The van der Waals surface area contributed by atoms with E-state index in [2.05, 4.69) is 21.2 Å². The van der Waals surface area contributed by atoms with E-state index in [0.717, 1.165) is 26.7 Å². The first-order valence-electron chi connectivity index (χ1n) is 11.8. The predicted octanol–water partition coefficient (Wildman–Crippen LogP) is 5.61. The van der Waals surface area contributed by atoms with Gasteiger partial charge in [-0.25, -0.2) is 0 Å². The Morgan fingerprint density at radius 1 is 0.943 bits per heavy atom. The highest BCUT2D eigenvalue weighted by Gasteiger charge is 2.31. The molecule has 0 spiro atoms. The molecule has 35 heavy (non-hydrogen) atoms. The van der Waals surface area contributed by atoms with E-state index < -0.39 is 6.04 Å². The molecule has 0 unspecified atom stereocenters. The van der Waals surface area contributed by atoms with Crippen LogP contribution in [0.3, 0.4) is 0 Å². The van der Waals surface area contributed by atoms with Crippen LogP contribution in [-0.4, -0.2) is 35.4 Å². The number of amides is 2. The molecule has 1 atom stereocenters. The topological polar surface area (TPSA) is 58.6 Å². The fourth-order valence-corrected chi connectivity index (χ4v) is 4.32. The number of ether oxygens (including phenoxy) is 1. The van der Waals surface area contributed by atoms with Gasteiger partial charge >= 0.3 is 0 Å². The van der Waals surface area contributed by atoms with Crippen molar-refractivity contribution >= 4 is 27.7 Å². The van der Waals surface area contributed by atoms with Crippen LogP contribution in [0.1, 0.15) is 36.1 Å². The number of hydrogen-bond donors (Lipinski definition) is 1. The van der Waals surface area contributed by atoms with Crippen molar-refractivity contribution in [1.29, 1.82) is 0 Å². The zero-order chi connectivity index (χ0) is 25.4. The van der Waals surface area contributed by atoms with Gasteiger partial charge in [0.25, 0.3) is 5.91 Å². The highest BCUT2D eigenvalue weighted by molar-refractivity contribution is 9.10. The maximum atomic E-state index is 13.6. The second-order valence-electron chi connectivity index (χ2n) is 9.01. The van der Waals surface area contributed by atoms with Gasteiger partial charge in [-0.2, -0.15) is 0 Å². The summed E-state index contributed by atoms with van der Waals surface area (Å²) in [6.45, 7) is 7.96. The third-order valence-electron chi connectivity index (χ3n) is 5.85. The smallest absolute Gasteiger partial charge is 0.261 e. The molecule has 0 bridgehead atoms. The van der Waals surface area contributed by atoms with Crippen molar-refractivity contribution in [3.05, 3.63) is 99.5 Å². The van der Waals surface area contributed by atoms with Gasteiger partial charge in [-0.15, -0.1) is 0 Å². The number of hydrogen-bond acceptors (Lipinski definition) is 3. The molecule has 3 rings (SSSR count). The van der Waals surface area contributed by atoms with Gasteiger partial charge in [-0.3, -0.25) is 9.59 Å². The zero-order valence-electron chi connectivity index (χ0n) is 20.8. The van der Waals surface area contributed by atoms with Gasteiger partial charge < -0.3 is 15.0 Å². The standard InChI is InChI=1S/C29H33BrN2O3/c1-20(2)31-29(34)26(17-23-11-6-5-7-12-23)32(18-24-13-9-14-25(30)16-24)28(33)19-35-27-15-8-10-21(3)22(27)4/h5-16,20,26H,17-19H2,1-4H3,(H,31,34)/t26-/m1/s1. The minimum atomic E-state index is -0.687. The largest absolute Gasteiger partial charge is 0.483 e. The minimum Gasteiger partial charge on any atom is -0.483 e. The van der Waals surface area contributed by atoms with Crippen LogP contribution < -0.4 is 10.1 Å². The normalized spacial score (nSPS) is 11.7. The van der Waals surface area contributed by atoms with Crippen LogP contribution in [0.5, 0.6) is 5.75 Å². The Bertz CT molecular complexity index is 1150. The van der Waals surface area contributed by atoms with Crippen molar-refractivity contribution in [1.82, 2.24) is 10.2 Å². The van der Waals surface area contributed by atoms with Crippen molar-refractivity contribution < 1.29 is 14.3 Å². The number of nitrogens with one attached hydrogen (secondary N) is 1. The molecule has 3 aromatic carbocycles. The van der Waals surface area contributed by atoms with E-state index in [1.165, 1.54) is 0 Å². The summed E-state index contributed by atoms with van der Waals surface area (Å²) in [5.41, 5.74) is 4.00. The Morgan fingerprint density at radius 2 is 1.63 bits per heavy atom. The SMILES string of the molecule is Cc1cccc(OCC(=O)N(Cc2cccc(Br)c2)[C@H](Cc2ccccc2)C(=O)NC(C)C)c1C. The molecule has 0 saturated carbocycles. The lowest BCUT2D eigenvalue weighted by atomic mass is 10.0. The number of nitrogens with zero attached hydrogens (tertiary/aromatic N) is 1. The number of aryl methyl sites for hydroxylation is 1. The molecule has 0 aliphatic heterocycles. The van der Waals surface area contributed by atoms with Gasteiger partial charge in [0, 0.05) is 23.5 Å². The molecule has 6 heteroatoms. The van der Waals surface area contributed by atoms with E-state index in [-0.39, 0.29) is 31.0 Å². The molecule has 0 radical (unpaired) electrons. The van der Waals surface area contributed by atoms with Gasteiger partial charge in [0.15, 0.2) is 6.61 Å². The molecule has 5 nitrogen and oxygen atoms in total. The summed E-state index contributed by atoms with van der Waals surface area (Å²) in [6.07, 6.45) is 0.405. The maximum Gasteiger partial charge on any atom is 0.261 e.